The Hall–Kier alpha value is -1.87. The molecule has 102 valence electrons. The second-order valence-corrected chi connectivity index (χ2v) is 6.25. The molecule has 2 aromatic carbocycles. The summed E-state index contributed by atoms with van der Waals surface area (Å²) < 4.78 is 1.28. The Labute approximate surface area is 123 Å². The molecule has 0 amide bonds. The maximum Gasteiger partial charge on any atom is 0.0941 e. The number of nitrogens with zero attached hydrogens (tertiary/aromatic N) is 2. The number of aromatic nitrogens is 1. The van der Waals surface area contributed by atoms with Gasteiger partial charge in [-0.05, 0) is 36.2 Å². The van der Waals surface area contributed by atoms with E-state index in [2.05, 4.69) is 66.4 Å². The highest BCUT2D eigenvalue weighted by Crippen LogP contribution is 2.23. The first-order chi connectivity index (χ1) is 9.72. The van der Waals surface area contributed by atoms with Crippen LogP contribution < -0.4 is 4.90 Å². The van der Waals surface area contributed by atoms with E-state index in [9.17, 15) is 0 Å². The molecule has 0 aliphatic heterocycles. The zero-order valence-electron chi connectivity index (χ0n) is 11.8. The van der Waals surface area contributed by atoms with Crippen molar-refractivity contribution in [2.75, 3.05) is 19.0 Å². The second-order valence-electron chi connectivity index (χ2n) is 5.14. The molecule has 20 heavy (non-hydrogen) atoms. The lowest BCUT2D eigenvalue weighted by Crippen LogP contribution is -2.08. The lowest BCUT2D eigenvalue weighted by atomic mass is 10.1. The SMILES string of the molecule is CN(C)c1ccc(CCc2nc3ccccc3s2)cc1. The fraction of sp³-hybridized carbons (Fsp3) is 0.235. The Morgan fingerprint density at radius 3 is 2.40 bits per heavy atom. The quantitative estimate of drug-likeness (QED) is 0.714. The van der Waals surface area contributed by atoms with E-state index in [4.69, 9.17) is 0 Å². The van der Waals surface area contributed by atoms with Gasteiger partial charge in [0.15, 0.2) is 0 Å². The standard InChI is InChI=1S/C17H18N2S/c1-19(2)14-10-7-13(8-11-14)9-12-17-18-15-5-3-4-6-16(15)20-17/h3-8,10-11H,9,12H2,1-2H3. The third kappa shape index (κ3) is 2.83. The number of hydrogen-bond donors (Lipinski definition) is 0. The monoisotopic (exact) mass is 282 g/mol. The molecule has 0 fully saturated rings. The van der Waals surface area contributed by atoms with Crippen molar-refractivity contribution in [1.29, 1.82) is 0 Å². The maximum absolute atomic E-state index is 4.68. The van der Waals surface area contributed by atoms with Gasteiger partial charge in [-0.1, -0.05) is 24.3 Å². The highest BCUT2D eigenvalue weighted by molar-refractivity contribution is 7.18. The molecule has 1 aromatic heterocycles. The molecule has 3 aromatic rings. The molecular formula is C17H18N2S. The zero-order chi connectivity index (χ0) is 13.9. The van der Waals surface area contributed by atoms with Gasteiger partial charge in [0.05, 0.1) is 15.2 Å². The van der Waals surface area contributed by atoms with Crippen LogP contribution in [0, 0.1) is 0 Å². The summed E-state index contributed by atoms with van der Waals surface area (Å²) in [6, 6.07) is 17.1. The molecule has 0 aliphatic carbocycles. The predicted octanol–water partition coefficient (Wildman–Crippen LogP) is 4.15. The molecule has 0 saturated heterocycles. The third-order valence-electron chi connectivity index (χ3n) is 3.42. The molecule has 0 unspecified atom stereocenters. The van der Waals surface area contributed by atoms with Gasteiger partial charge in [-0.3, -0.25) is 0 Å². The maximum atomic E-state index is 4.68. The lowest BCUT2D eigenvalue weighted by molar-refractivity contribution is 0.948. The average molecular weight is 282 g/mol. The van der Waals surface area contributed by atoms with Crippen LogP contribution in [0.1, 0.15) is 10.6 Å². The van der Waals surface area contributed by atoms with Gasteiger partial charge >= 0.3 is 0 Å². The van der Waals surface area contributed by atoms with E-state index in [1.165, 1.54) is 21.0 Å². The van der Waals surface area contributed by atoms with Crippen LogP contribution in [0.15, 0.2) is 48.5 Å². The van der Waals surface area contributed by atoms with E-state index in [1.54, 1.807) is 11.3 Å². The van der Waals surface area contributed by atoms with E-state index in [-0.39, 0.29) is 0 Å². The van der Waals surface area contributed by atoms with Crippen molar-refractivity contribution in [1.82, 2.24) is 4.98 Å². The highest BCUT2D eigenvalue weighted by Gasteiger charge is 2.04. The molecule has 0 saturated carbocycles. The minimum absolute atomic E-state index is 1.01. The number of para-hydroxylation sites is 1. The second kappa shape index (κ2) is 5.63. The summed E-state index contributed by atoms with van der Waals surface area (Å²) in [6.07, 6.45) is 2.06. The van der Waals surface area contributed by atoms with Crippen LogP contribution in [0.25, 0.3) is 10.2 Å². The van der Waals surface area contributed by atoms with Crippen molar-refractivity contribution in [2.24, 2.45) is 0 Å². The molecule has 2 nitrogen and oxygen atoms in total. The van der Waals surface area contributed by atoms with Crippen molar-refractivity contribution in [2.45, 2.75) is 12.8 Å². The molecular weight excluding hydrogens is 264 g/mol. The normalized spacial score (nSPS) is 10.9. The van der Waals surface area contributed by atoms with Gasteiger partial charge in [-0.2, -0.15) is 0 Å². The van der Waals surface area contributed by atoms with Crippen molar-refractivity contribution in [3.05, 3.63) is 59.1 Å². The predicted molar refractivity (Wildman–Crippen MR) is 87.8 cm³/mol. The van der Waals surface area contributed by atoms with E-state index in [0.29, 0.717) is 0 Å². The van der Waals surface area contributed by atoms with Crippen LogP contribution >= 0.6 is 11.3 Å². The summed E-state index contributed by atoms with van der Waals surface area (Å²) in [5, 5.41) is 1.22. The van der Waals surface area contributed by atoms with Crippen LogP contribution in [-0.2, 0) is 12.8 Å². The summed E-state index contributed by atoms with van der Waals surface area (Å²) in [7, 11) is 4.13. The highest BCUT2D eigenvalue weighted by atomic mass is 32.1. The van der Waals surface area contributed by atoms with Crippen LogP contribution in [0.3, 0.4) is 0 Å². The molecule has 0 atom stereocenters. The minimum atomic E-state index is 1.01. The Kier molecular flexibility index (Phi) is 3.70. The molecule has 0 radical (unpaired) electrons. The lowest BCUT2D eigenvalue weighted by Gasteiger charge is -2.12. The minimum Gasteiger partial charge on any atom is -0.378 e. The van der Waals surface area contributed by atoms with E-state index >= 15 is 0 Å². The number of anilines is 1. The number of hydrogen-bond acceptors (Lipinski definition) is 3. The van der Waals surface area contributed by atoms with Crippen molar-refractivity contribution < 1.29 is 0 Å². The Morgan fingerprint density at radius 1 is 0.950 bits per heavy atom. The summed E-state index contributed by atoms with van der Waals surface area (Å²) in [4.78, 5) is 6.81. The smallest absolute Gasteiger partial charge is 0.0941 e. The first-order valence-electron chi connectivity index (χ1n) is 6.83. The zero-order valence-corrected chi connectivity index (χ0v) is 12.7. The Morgan fingerprint density at radius 2 is 1.70 bits per heavy atom. The van der Waals surface area contributed by atoms with Gasteiger partial charge < -0.3 is 4.90 Å². The number of benzene rings is 2. The summed E-state index contributed by atoms with van der Waals surface area (Å²) in [5.41, 5.74) is 3.74. The molecule has 1 heterocycles. The van der Waals surface area contributed by atoms with E-state index in [1.807, 2.05) is 6.07 Å². The first-order valence-corrected chi connectivity index (χ1v) is 7.65. The molecule has 3 rings (SSSR count). The van der Waals surface area contributed by atoms with Gasteiger partial charge in [0, 0.05) is 26.2 Å². The van der Waals surface area contributed by atoms with Gasteiger partial charge in [0.2, 0.25) is 0 Å². The van der Waals surface area contributed by atoms with Crippen molar-refractivity contribution in [3.8, 4) is 0 Å². The molecule has 0 spiro atoms. The van der Waals surface area contributed by atoms with Crippen molar-refractivity contribution in [3.63, 3.8) is 0 Å². The average Bonchev–Trinajstić information content (AvgIpc) is 2.88. The van der Waals surface area contributed by atoms with Crippen LogP contribution in [0.4, 0.5) is 5.69 Å². The van der Waals surface area contributed by atoms with Crippen LogP contribution in [0.5, 0.6) is 0 Å². The number of fused-ring (bicyclic) bond motifs is 1. The third-order valence-corrected chi connectivity index (χ3v) is 4.51. The topological polar surface area (TPSA) is 16.1 Å². The molecule has 0 aliphatic rings. The molecule has 0 N–H and O–H groups in total. The van der Waals surface area contributed by atoms with Gasteiger partial charge in [0.25, 0.3) is 0 Å². The number of thiazole rings is 1. The number of rotatable bonds is 4. The van der Waals surface area contributed by atoms with Gasteiger partial charge in [-0.25, -0.2) is 4.98 Å². The Balaban J connectivity index is 1.69. The summed E-state index contributed by atoms with van der Waals surface area (Å²) in [6.45, 7) is 0. The van der Waals surface area contributed by atoms with Crippen LogP contribution in [-0.4, -0.2) is 19.1 Å². The molecule has 0 bridgehead atoms. The fourth-order valence-electron chi connectivity index (χ4n) is 2.24. The Bertz CT molecular complexity index is 665. The van der Waals surface area contributed by atoms with Crippen LogP contribution in [0.2, 0.25) is 0 Å². The van der Waals surface area contributed by atoms with E-state index in [0.717, 1.165) is 18.4 Å². The van der Waals surface area contributed by atoms with E-state index < -0.39 is 0 Å². The van der Waals surface area contributed by atoms with Gasteiger partial charge in [0.1, 0.15) is 0 Å². The first kappa shape index (κ1) is 13.1. The largest absolute Gasteiger partial charge is 0.378 e. The number of aryl methyl sites for hydroxylation is 2. The molecule has 3 heteroatoms. The van der Waals surface area contributed by atoms with Crippen molar-refractivity contribution >= 4 is 27.2 Å². The van der Waals surface area contributed by atoms with Gasteiger partial charge in [-0.15, -0.1) is 11.3 Å². The summed E-state index contributed by atoms with van der Waals surface area (Å²) >= 11 is 1.81. The fourth-order valence-corrected chi connectivity index (χ4v) is 3.21. The summed E-state index contributed by atoms with van der Waals surface area (Å²) in [5.74, 6) is 0.